The van der Waals surface area contributed by atoms with Crippen molar-refractivity contribution in [2.75, 3.05) is 0 Å². The lowest BCUT2D eigenvalue weighted by atomic mass is 10.1. The van der Waals surface area contributed by atoms with Crippen LogP contribution in [-0.4, -0.2) is 16.3 Å². The van der Waals surface area contributed by atoms with Crippen molar-refractivity contribution >= 4 is 40.4 Å². The Morgan fingerprint density at radius 1 is 1.00 bits per heavy atom. The van der Waals surface area contributed by atoms with Crippen molar-refractivity contribution in [3.05, 3.63) is 58.3 Å². The van der Waals surface area contributed by atoms with Gasteiger partial charge in [0.2, 0.25) is 0 Å². The maximum Gasteiger partial charge on any atom is 0.193 e. The molecule has 0 saturated carbocycles. The minimum absolute atomic E-state index is 0.120. The normalized spacial score (nSPS) is 10.7. The molecule has 0 fully saturated rings. The van der Waals surface area contributed by atoms with Crippen molar-refractivity contribution in [1.82, 2.24) is 9.97 Å². The highest BCUT2D eigenvalue weighted by Crippen LogP contribution is 2.32. The number of nitrogens with zero attached hydrogens (tertiary/aromatic N) is 2. The van der Waals surface area contributed by atoms with E-state index in [9.17, 15) is 4.79 Å². The molecule has 1 heterocycles. The number of carbonyl (C=O) groups excluding carboxylic acids is 1. The van der Waals surface area contributed by atoms with E-state index >= 15 is 0 Å². The van der Waals surface area contributed by atoms with Crippen LogP contribution in [0.15, 0.2) is 42.5 Å². The summed E-state index contributed by atoms with van der Waals surface area (Å²) in [6, 6.07) is 12.6. The van der Waals surface area contributed by atoms with Gasteiger partial charge in [0.25, 0.3) is 0 Å². The van der Waals surface area contributed by atoms with Gasteiger partial charge >= 0.3 is 0 Å². The Balaban J connectivity index is 2.41. The zero-order chi connectivity index (χ0) is 14.1. The maximum absolute atomic E-state index is 11.0. The van der Waals surface area contributed by atoms with Gasteiger partial charge < -0.3 is 0 Å². The third-order valence-corrected chi connectivity index (χ3v) is 3.47. The van der Waals surface area contributed by atoms with E-state index < -0.39 is 0 Å². The summed E-state index contributed by atoms with van der Waals surface area (Å²) in [5.74, 6) is 0.120. The fourth-order valence-corrected chi connectivity index (χ4v) is 2.43. The van der Waals surface area contributed by atoms with Crippen LogP contribution in [0.4, 0.5) is 0 Å². The molecule has 20 heavy (non-hydrogen) atoms. The second-order valence-electron chi connectivity index (χ2n) is 4.19. The van der Waals surface area contributed by atoms with E-state index in [2.05, 4.69) is 9.97 Å². The van der Waals surface area contributed by atoms with E-state index in [0.29, 0.717) is 27.5 Å². The second-order valence-corrected chi connectivity index (χ2v) is 5.03. The minimum atomic E-state index is 0.120. The Bertz CT molecular complexity index is 818. The van der Waals surface area contributed by atoms with Crippen LogP contribution in [0.25, 0.3) is 22.2 Å². The summed E-state index contributed by atoms with van der Waals surface area (Å²) in [5, 5.41) is 1.90. The minimum Gasteiger partial charge on any atom is -0.294 e. The van der Waals surface area contributed by atoms with E-state index in [1.165, 1.54) is 0 Å². The molecule has 1 aromatic heterocycles. The molecule has 0 aliphatic carbocycles. The van der Waals surface area contributed by atoms with Gasteiger partial charge in [-0.3, -0.25) is 4.79 Å². The van der Waals surface area contributed by atoms with E-state index in [-0.39, 0.29) is 5.82 Å². The quantitative estimate of drug-likeness (QED) is 0.658. The maximum atomic E-state index is 11.0. The first-order chi connectivity index (χ1) is 9.69. The Hall–Kier alpha value is -1.97. The standard InChI is InChI=1S/C15H8Cl2N2O/c16-9-5-6-13-11(7-9)15(19-14(8-20)18-13)10-3-1-2-4-12(10)17/h1-8H. The average Bonchev–Trinajstić information content (AvgIpc) is 2.47. The van der Waals surface area contributed by atoms with Crippen molar-refractivity contribution in [3.63, 3.8) is 0 Å². The number of aldehydes is 1. The van der Waals surface area contributed by atoms with Crippen LogP contribution in [0.1, 0.15) is 10.6 Å². The number of fused-ring (bicyclic) bond motifs is 1. The van der Waals surface area contributed by atoms with Gasteiger partial charge in [-0.2, -0.15) is 0 Å². The van der Waals surface area contributed by atoms with Gasteiger partial charge in [-0.15, -0.1) is 0 Å². The summed E-state index contributed by atoms with van der Waals surface area (Å²) < 4.78 is 0. The molecule has 98 valence electrons. The van der Waals surface area contributed by atoms with Crippen molar-refractivity contribution in [2.24, 2.45) is 0 Å². The lowest BCUT2D eigenvalue weighted by Crippen LogP contribution is -1.97. The molecule has 0 bridgehead atoms. The third-order valence-electron chi connectivity index (χ3n) is 2.91. The van der Waals surface area contributed by atoms with Gasteiger partial charge in [0.05, 0.1) is 11.2 Å². The molecule has 3 nitrogen and oxygen atoms in total. The van der Waals surface area contributed by atoms with Crippen LogP contribution in [0.5, 0.6) is 0 Å². The molecule has 2 aromatic carbocycles. The van der Waals surface area contributed by atoms with Gasteiger partial charge in [-0.05, 0) is 24.3 Å². The third kappa shape index (κ3) is 2.26. The average molecular weight is 303 g/mol. The Kier molecular flexibility index (Phi) is 3.38. The fraction of sp³-hybridized carbons (Fsp3) is 0. The van der Waals surface area contributed by atoms with Gasteiger partial charge in [0, 0.05) is 21.0 Å². The number of hydrogen-bond donors (Lipinski definition) is 0. The van der Waals surface area contributed by atoms with Crippen molar-refractivity contribution in [2.45, 2.75) is 0 Å². The van der Waals surface area contributed by atoms with Crippen molar-refractivity contribution in [3.8, 4) is 11.3 Å². The summed E-state index contributed by atoms with van der Waals surface area (Å²) in [7, 11) is 0. The van der Waals surface area contributed by atoms with Crippen LogP contribution >= 0.6 is 23.2 Å². The van der Waals surface area contributed by atoms with E-state index in [1.54, 1.807) is 24.3 Å². The first-order valence-electron chi connectivity index (χ1n) is 5.86. The number of benzene rings is 2. The molecule has 0 radical (unpaired) electrons. The van der Waals surface area contributed by atoms with Crippen molar-refractivity contribution in [1.29, 1.82) is 0 Å². The van der Waals surface area contributed by atoms with Crippen LogP contribution < -0.4 is 0 Å². The second kappa shape index (κ2) is 5.19. The smallest absolute Gasteiger partial charge is 0.193 e. The summed E-state index contributed by atoms with van der Waals surface area (Å²) in [4.78, 5) is 19.4. The van der Waals surface area contributed by atoms with Crippen LogP contribution in [0.2, 0.25) is 10.0 Å². The lowest BCUT2D eigenvalue weighted by molar-refractivity contribution is 0.111. The molecule has 3 aromatic rings. The molecule has 0 aliphatic rings. The molecule has 0 amide bonds. The molecule has 5 heteroatoms. The summed E-state index contributed by atoms with van der Waals surface area (Å²) in [6.07, 6.45) is 0.619. The number of aromatic nitrogens is 2. The number of rotatable bonds is 2. The number of carbonyl (C=O) groups is 1. The Labute approximate surface area is 125 Å². The van der Waals surface area contributed by atoms with Gasteiger partial charge in [-0.1, -0.05) is 41.4 Å². The van der Waals surface area contributed by atoms with Crippen molar-refractivity contribution < 1.29 is 4.79 Å². The highest BCUT2D eigenvalue weighted by Gasteiger charge is 2.12. The Morgan fingerprint density at radius 3 is 2.55 bits per heavy atom. The number of hydrogen-bond acceptors (Lipinski definition) is 3. The predicted octanol–water partition coefficient (Wildman–Crippen LogP) is 4.42. The van der Waals surface area contributed by atoms with E-state index in [4.69, 9.17) is 23.2 Å². The zero-order valence-electron chi connectivity index (χ0n) is 10.2. The van der Waals surface area contributed by atoms with Crippen LogP contribution in [0.3, 0.4) is 0 Å². The first kappa shape index (κ1) is 13.0. The van der Waals surface area contributed by atoms with Crippen LogP contribution in [0, 0.1) is 0 Å². The largest absolute Gasteiger partial charge is 0.294 e. The SMILES string of the molecule is O=Cc1nc(-c2ccccc2Cl)c2cc(Cl)ccc2n1. The fourth-order valence-electron chi connectivity index (χ4n) is 2.03. The van der Waals surface area contributed by atoms with Gasteiger partial charge in [-0.25, -0.2) is 9.97 Å². The molecule has 0 atom stereocenters. The molecule has 0 spiro atoms. The molecule has 0 saturated heterocycles. The number of halogens is 2. The first-order valence-corrected chi connectivity index (χ1v) is 6.62. The molecule has 0 N–H and O–H groups in total. The van der Waals surface area contributed by atoms with E-state index in [0.717, 1.165) is 10.9 Å². The molecular formula is C15H8Cl2N2O. The van der Waals surface area contributed by atoms with Gasteiger partial charge in [0.15, 0.2) is 12.1 Å². The molecule has 0 unspecified atom stereocenters. The summed E-state index contributed by atoms with van der Waals surface area (Å²) in [6.45, 7) is 0. The highest BCUT2D eigenvalue weighted by molar-refractivity contribution is 6.34. The predicted molar refractivity (Wildman–Crippen MR) is 80.4 cm³/mol. The van der Waals surface area contributed by atoms with Crippen LogP contribution in [-0.2, 0) is 0 Å². The lowest BCUT2D eigenvalue weighted by Gasteiger charge is -2.08. The van der Waals surface area contributed by atoms with E-state index in [1.807, 2.05) is 18.2 Å². The Morgan fingerprint density at radius 2 is 1.80 bits per heavy atom. The highest BCUT2D eigenvalue weighted by atomic mass is 35.5. The summed E-state index contributed by atoms with van der Waals surface area (Å²) >= 11 is 12.2. The molecule has 0 aliphatic heterocycles. The molecular weight excluding hydrogens is 295 g/mol. The summed E-state index contributed by atoms with van der Waals surface area (Å²) in [5.41, 5.74) is 2.00. The monoisotopic (exact) mass is 302 g/mol. The molecule has 3 rings (SSSR count). The van der Waals surface area contributed by atoms with Gasteiger partial charge in [0.1, 0.15) is 0 Å². The topological polar surface area (TPSA) is 42.9 Å². The zero-order valence-corrected chi connectivity index (χ0v) is 11.7.